The number of nitrogens with zero attached hydrogens (tertiary/aromatic N) is 3. The quantitative estimate of drug-likeness (QED) is 0.402. The van der Waals surface area contributed by atoms with Crippen molar-refractivity contribution in [1.82, 2.24) is 15.6 Å². The van der Waals surface area contributed by atoms with Crippen molar-refractivity contribution < 1.29 is 0 Å². The molecule has 0 unspecified atom stereocenters. The van der Waals surface area contributed by atoms with Crippen LogP contribution in [0.25, 0.3) is 0 Å². The Morgan fingerprint density at radius 1 is 1.12 bits per heavy atom. The summed E-state index contributed by atoms with van der Waals surface area (Å²) in [7, 11) is 3.96. The van der Waals surface area contributed by atoms with Gasteiger partial charge in [0.1, 0.15) is 0 Å². The molecule has 0 aliphatic heterocycles. The number of aryl methyl sites for hydroxylation is 2. The van der Waals surface area contributed by atoms with Crippen molar-refractivity contribution in [3.05, 3.63) is 45.9 Å². The molecular formula is C20H31N5S. The summed E-state index contributed by atoms with van der Waals surface area (Å²) in [6.45, 7) is 7.03. The second-order valence-corrected chi connectivity index (χ2v) is 7.68. The summed E-state index contributed by atoms with van der Waals surface area (Å²) in [5.41, 5.74) is 2.42. The predicted octanol–water partition coefficient (Wildman–Crippen LogP) is 3.38. The monoisotopic (exact) mass is 373 g/mol. The SMILES string of the molecule is CN=C(NCCCCN(C)c1ccccc1)NCCc1nc(C)c(C)s1. The van der Waals surface area contributed by atoms with E-state index in [1.807, 2.05) is 7.05 Å². The van der Waals surface area contributed by atoms with Crippen LogP contribution in [0.5, 0.6) is 0 Å². The van der Waals surface area contributed by atoms with Gasteiger partial charge in [-0.15, -0.1) is 11.3 Å². The minimum absolute atomic E-state index is 0.850. The summed E-state index contributed by atoms with van der Waals surface area (Å²) in [5, 5.41) is 7.94. The molecule has 0 radical (unpaired) electrons. The average molecular weight is 374 g/mol. The Kier molecular flexibility index (Phi) is 8.41. The molecule has 1 aromatic heterocycles. The average Bonchev–Trinajstić information content (AvgIpc) is 2.98. The Bertz CT molecular complexity index is 661. The van der Waals surface area contributed by atoms with Crippen LogP contribution in [0.15, 0.2) is 35.3 Å². The molecule has 142 valence electrons. The van der Waals surface area contributed by atoms with Crippen LogP contribution in [-0.4, -0.2) is 44.7 Å². The van der Waals surface area contributed by atoms with Crippen LogP contribution < -0.4 is 15.5 Å². The smallest absolute Gasteiger partial charge is 0.190 e. The Hall–Kier alpha value is -2.08. The number of nitrogens with one attached hydrogen (secondary N) is 2. The lowest BCUT2D eigenvalue weighted by Crippen LogP contribution is -2.38. The molecule has 1 aromatic carbocycles. The lowest BCUT2D eigenvalue weighted by atomic mass is 10.2. The third-order valence-electron chi connectivity index (χ3n) is 4.34. The molecule has 6 heteroatoms. The summed E-state index contributed by atoms with van der Waals surface area (Å²) in [6.07, 6.45) is 3.19. The first-order chi connectivity index (χ1) is 12.6. The zero-order valence-electron chi connectivity index (χ0n) is 16.4. The van der Waals surface area contributed by atoms with Crippen molar-refractivity contribution in [3.8, 4) is 0 Å². The molecule has 0 saturated carbocycles. The van der Waals surface area contributed by atoms with Gasteiger partial charge in [-0.25, -0.2) is 4.98 Å². The molecule has 0 atom stereocenters. The Labute approximate surface area is 161 Å². The lowest BCUT2D eigenvalue weighted by Gasteiger charge is -2.19. The minimum atomic E-state index is 0.850. The van der Waals surface area contributed by atoms with Crippen molar-refractivity contribution in [2.75, 3.05) is 38.6 Å². The van der Waals surface area contributed by atoms with Crippen molar-refractivity contribution in [3.63, 3.8) is 0 Å². The molecule has 0 saturated heterocycles. The minimum Gasteiger partial charge on any atom is -0.375 e. The number of hydrogen-bond acceptors (Lipinski definition) is 4. The van der Waals surface area contributed by atoms with Gasteiger partial charge < -0.3 is 15.5 Å². The highest BCUT2D eigenvalue weighted by atomic mass is 32.1. The van der Waals surface area contributed by atoms with Crippen molar-refractivity contribution in [1.29, 1.82) is 0 Å². The highest BCUT2D eigenvalue weighted by Gasteiger charge is 2.04. The number of anilines is 1. The number of unbranched alkanes of at least 4 members (excludes halogenated alkanes) is 1. The number of guanidine groups is 1. The normalized spacial score (nSPS) is 11.5. The Morgan fingerprint density at radius 2 is 1.85 bits per heavy atom. The van der Waals surface area contributed by atoms with E-state index in [4.69, 9.17) is 0 Å². The van der Waals surface area contributed by atoms with E-state index in [0.29, 0.717) is 0 Å². The van der Waals surface area contributed by atoms with Crippen LogP contribution in [0.4, 0.5) is 5.69 Å². The van der Waals surface area contributed by atoms with E-state index in [0.717, 1.165) is 50.6 Å². The van der Waals surface area contributed by atoms with Crippen LogP contribution in [-0.2, 0) is 6.42 Å². The number of aromatic nitrogens is 1. The first kappa shape index (κ1) is 20.2. The second-order valence-electron chi connectivity index (χ2n) is 6.39. The van der Waals surface area contributed by atoms with Gasteiger partial charge in [-0.05, 0) is 38.8 Å². The molecule has 0 spiro atoms. The fraction of sp³-hybridized carbons (Fsp3) is 0.500. The van der Waals surface area contributed by atoms with Gasteiger partial charge in [-0.1, -0.05) is 18.2 Å². The van der Waals surface area contributed by atoms with Gasteiger partial charge in [0.15, 0.2) is 5.96 Å². The lowest BCUT2D eigenvalue weighted by molar-refractivity contribution is 0.686. The maximum Gasteiger partial charge on any atom is 0.190 e. The molecule has 1 heterocycles. The van der Waals surface area contributed by atoms with Crippen molar-refractivity contribution in [2.24, 2.45) is 4.99 Å². The largest absolute Gasteiger partial charge is 0.375 e. The maximum atomic E-state index is 4.57. The maximum absolute atomic E-state index is 4.57. The van der Waals surface area contributed by atoms with Crippen LogP contribution in [0.3, 0.4) is 0 Å². The van der Waals surface area contributed by atoms with Crippen LogP contribution in [0.1, 0.15) is 28.4 Å². The van der Waals surface area contributed by atoms with E-state index in [2.05, 4.69) is 76.7 Å². The van der Waals surface area contributed by atoms with Crippen molar-refractivity contribution in [2.45, 2.75) is 33.1 Å². The summed E-state index contributed by atoms with van der Waals surface area (Å²) < 4.78 is 0. The van der Waals surface area contributed by atoms with Gasteiger partial charge in [0.05, 0.1) is 10.7 Å². The molecule has 0 aliphatic rings. The van der Waals surface area contributed by atoms with E-state index in [9.17, 15) is 0 Å². The van der Waals surface area contributed by atoms with Gasteiger partial charge in [0, 0.05) is 50.7 Å². The van der Waals surface area contributed by atoms with Crippen LogP contribution >= 0.6 is 11.3 Å². The molecule has 0 amide bonds. The molecule has 2 aromatic rings. The van der Waals surface area contributed by atoms with E-state index >= 15 is 0 Å². The topological polar surface area (TPSA) is 52.6 Å². The highest BCUT2D eigenvalue weighted by Crippen LogP contribution is 2.16. The zero-order chi connectivity index (χ0) is 18.8. The standard InChI is InChI=1S/C20H31N5S/c1-16-17(2)26-19(24-16)12-14-23-20(21-3)22-13-8-9-15-25(4)18-10-6-5-7-11-18/h5-7,10-11H,8-9,12-15H2,1-4H3,(H2,21,22,23). The van der Waals surface area contributed by atoms with Crippen LogP contribution in [0.2, 0.25) is 0 Å². The van der Waals surface area contributed by atoms with Gasteiger partial charge in [-0.2, -0.15) is 0 Å². The molecule has 26 heavy (non-hydrogen) atoms. The number of para-hydroxylation sites is 1. The van der Waals surface area contributed by atoms with Gasteiger partial charge in [0.25, 0.3) is 0 Å². The molecule has 5 nitrogen and oxygen atoms in total. The molecule has 2 rings (SSSR count). The zero-order valence-corrected chi connectivity index (χ0v) is 17.2. The predicted molar refractivity (Wildman–Crippen MR) is 114 cm³/mol. The van der Waals surface area contributed by atoms with E-state index in [-0.39, 0.29) is 0 Å². The number of hydrogen-bond donors (Lipinski definition) is 2. The van der Waals surface area contributed by atoms with Gasteiger partial charge >= 0.3 is 0 Å². The Morgan fingerprint density at radius 3 is 2.50 bits per heavy atom. The molecule has 2 N–H and O–H groups in total. The first-order valence-electron chi connectivity index (χ1n) is 9.23. The number of benzene rings is 1. The van der Waals surface area contributed by atoms with Gasteiger partial charge in [0.2, 0.25) is 0 Å². The van der Waals surface area contributed by atoms with E-state index < -0.39 is 0 Å². The summed E-state index contributed by atoms with van der Waals surface area (Å²) >= 11 is 1.78. The van der Waals surface area contributed by atoms with E-state index in [1.165, 1.54) is 15.6 Å². The molecule has 0 fully saturated rings. The Balaban J connectivity index is 1.58. The summed E-state index contributed by atoms with van der Waals surface area (Å²) in [6, 6.07) is 10.5. The summed E-state index contributed by atoms with van der Waals surface area (Å²) in [5.74, 6) is 0.867. The fourth-order valence-corrected chi connectivity index (χ4v) is 3.58. The summed E-state index contributed by atoms with van der Waals surface area (Å²) in [4.78, 5) is 12.5. The first-order valence-corrected chi connectivity index (χ1v) is 10.1. The third kappa shape index (κ3) is 6.67. The highest BCUT2D eigenvalue weighted by molar-refractivity contribution is 7.11. The molecular weight excluding hydrogens is 342 g/mol. The number of rotatable bonds is 9. The number of aliphatic imine (C=N–C) groups is 1. The number of thiazole rings is 1. The van der Waals surface area contributed by atoms with Gasteiger partial charge in [-0.3, -0.25) is 4.99 Å². The second kappa shape index (κ2) is 10.8. The van der Waals surface area contributed by atoms with Crippen LogP contribution in [0, 0.1) is 13.8 Å². The molecule has 0 bridgehead atoms. The third-order valence-corrected chi connectivity index (χ3v) is 5.47. The fourth-order valence-electron chi connectivity index (χ4n) is 2.65. The molecule has 0 aliphatic carbocycles. The van der Waals surface area contributed by atoms with Crippen molar-refractivity contribution >= 4 is 23.0 Å². The van der Waals surface area contributed by atoms with E-state index in [1.54, 1.807) is 11.3 Å².